The molecule has 0 N–H and O–H groups in total. The predicted molar refractivity (Wildman–Crippen MR) is 63.2 cm³/mol. The number of likely N-dealkylation sites (tertiary alicyclic amines) is 1. The lowest BCUT2D eigenvalue weighted by molar-refractivity contribution is -0.145. The summed E-state index contributed by atoms with van der Waals surface area (Å²) >= 11 is 0. The largest absolute Gasteiger partial charge is 0.375 e. The Balaban J connectivity index is 1.88. The summed E-state index contributed by atoms with van der Waals surface area (Å²) in [6.07, 6.45) is 5.75. The van der Waals surface area contributed by atoms with Crippen molar-refractivity contribution in [1.29, 1.82) is 0 Å². The maximum absolute atomic E-state index is 11.9. The zero-order valence-corrected chi connectivity index (χ0v) is 10.5. The average Bonchev–Trinajstić information content (AvgIpc) is 2.30. The van der Waals surface area contributed by atoms with Crippen molar-refractivity contribution < 1.29 is 9.53 Å². The summed E-state index contributed by atoms with van der Waals surface area (Å²) < 4.78 is 5.96. The number of amides is 1. The van der Waals surface area contributed by atoms with Gasteiger partial charge in [0.25, 0.3) is 0 Å². The maximum Gasteiger partial charge on any atom is 0.225 e. The van der Waals surface area contributed by atoms with E-state index < -0.39 is 0 Å². The highest BCUT2D eigenvalue weighted by Crippen LogP contribution is 2.34. The van der Waals surface area contributed by atoms with Gasteiger partial charge in [0, 0.05) is 25.6 Å². The number of carbonyl (C=O) groups excluding carboxylic acids is 1. The van der Waals surface area contributed by atoms with Crippen molar-refractivity contribution >= 4 is 5.91 Å². The Labute approximate surface area is 98.1 Å². The third kappa shape index (κ3) is 2.40. The molecule has 0 unspecified atom stereocenters. The number of carbonyl (C=O) groups is 1. The van der Waals surface area contributed by atoms with Crippen molar-refractivity contribution in [2.45, 2.75) is 51.6 Å². The first-order chi connectivity index (χ1) is 7.63. The highest BCUT2D eigenvalue weighted by molar-refractivity contribution is 5.78. The summed E-state index contributed by atoms with van der Waals surface area (Å²) in [4.78, 5) is 13.9. The fourth-order valence-corrected chi connectivity index (χ4v) is 2.80. The minimum atomic E-state index is 0.117. The fraction of sp³-hybridized carbons (Fsp3) is 0.923. The average molecular weight is 225 g/mol. The molecule has 3 nitrogen and oxygen atoms in total. The van der Waals surface area contributed by atoms with E-state index in [1.807, 2.05) is 18.7 Å². The summed E-state index contributed by atoms with van der Waals surface area (Å²) in [5.41, 5.74) is 0.117. The van der Waals surface area contributed by atoms with Crippen LogP contribution in [0, 0.1) is 5.92 Å². The molecule has 2 aliphatic rings. The van der Waals surface area contributed by atoms with Gasteiger partial charge in [-0.3, -0.25) is 4.79 Å². The van der Waals surface area contributed by atoms with Crippen LogP contribution in [0.1, 0.15) is 46.0 Å². The summed E-state index contributed by atoms with van der Waals surface area (Å²) in [5, 5.41) is 0. The van der Waals surface area contributed by atoms with Gasteiger partial charge in [0.1, 0.15) is 0 Å². The number of nitrogens with zero attached hydrogens (tertiary/aromatic N) is 1. The number of hydrogen-bond acceptors (Lipinski definition) is 2. The first-order valence-electron chi connectivity index (χ1n) is 6.56. The minimum absolute atomic E-state index is 0.117. The van der Waals surface area contributed by atoms with Crippen LogP contribution in [0.2, 0.25) is 0 Å². The molecule has 0 aromatic carbocycles. The van der Waals surface area contributed by atoms with Crippen molar-refractivity contribution in [2.75, 3.05) is 19.7 Å². The molecule has 2 aliphatic heterocycles. The third-order valence-electron chi connectivity index (χ3n) is 3.92. The molecule has 0 atom stereocenters. The van der Waals surface area contributed by atoms with Crippen LogP contribution in [0.25, 0.3) is 0 Å². The Morgan fingerprint density at radius 3 is 2.38 bits per heavy atom. The van der Waals surface area contributed by atoms with Crippen molar-refractivity contribution in [2.24, 2.45) is 5.92 Å². The lowest BCUT2D eigenvalue weighted by Crippen LogP contribution is -2.50. The normalized spacial score (nSPS) is 25.1. The maximum atomic E-state index is 11.9. The van der Waals surface area contributed by atoms with Crippen LogP contribution in [0.5, 0.6) is 0 Å². The second-order valence-corrected chi connectivity index (χ2v) is 5.47. The van der Waals surface area contributed by atoms with E-state index >= 15 is 0 Å². The second kappa shape index (κ2) is 4.74. The molecule has 0 saturated carbocycles. The second-order valence-electron chi connectivity index (χ2n) is 5.47. The number of ether oxygens (including phenoxy) is 1. The van der Waals surface area contributed by atoms with Gasteiger partial charge in [-0.25, -0.2) is 0 Å². The molecule has 3 heteroatoms. The number of rotatable bonds is 1. The van der Waals surface area contributed by atoms with Crippen LogP contribution in [0.15, 0.2) is 0 Å². The van der Waals surface area contributed by atoms with E-state index in [1.165, 1.54) is 19.3 Å². The minimum Gasteiger partial charge on any atom is -0.375 e. The molecule has 16 heavy (non-hydrogen) atoms. The van der Waals surface area contributed by atoms with Crippen LogP contribution < -0.4 is 0 Å². The Morgan fingerprint density at radius 1 is 1.19 bits per heavy atom. The first-order valence-corrected chi connectivity index (χ1v) is 6.56. The molecule has 92 valence electrons. The molecule has 2 saturated heterocycles. The molecule has 0 aliphatic carbocycles. The topological polar surface area (TPSA) is 29.5 Å². The van der Waals surface area contributed by atoms with Crippen LogP contribution in [0.3, 0.4) is 0 Å². The molecular formula is C13H23NO2. The predicted octanol–water partition coefficient (Wildman–Crippen LogP) is 2.20. The van der Waals surface area contributed by atoms with Gasteiger partial charge in [-0.1, -0.05) is 13.8 Å². The zero-order valence-electron chi connectivity index (χ0n) is 10.5. The van der Waals surface area contributed by atoms with Crippen LogP contribution in [-0.4, -0.2) is 36.1 Å². The van der Waals surface area contributed by atoms with Gasteiger partial charge in [-0.15, -0.1) is 0 Å². The van der Waals surface area contributed by atoms with Crippen LogP contribution in [0.4, 0.5) is 0 Å². The quantitative estimate of drug-likeness (QED) is 0.684. The van der Waals surface area contributed by atoms with Crippen LogP contribution in [-0.2, 0) is 9.53 Å². The Kier molecular flexibility index (Phi) is 3.53. The molecule has 1 spiro atoms. The SMILES string of the molecule is CC(C)C(=O)N1CCC2(CCCCO2)CC1. The van der Waals surface area contributed by atoms with Gasteiger partial charge in [0.05, 0.1) is 5.60 Å². The van der Waals surface area contributed by atoms with Gasteiger partial charge in [0.2, 0.25) is 5.91 Å². The lowest BCUT2D eigenvalue weighted by atomic mass is 9.84. The highest BCUT2D eigenvalue weighted by atomic mass is 16.5. The zero-order chi connectivity index (χ0) is 11.6. The molecule has 2 rings (SSSR count). The molecule has 0 radical (unpaired) electrons. The Bertz CT molecular complexity index is 247. The number of piperidine rings is 1. The Hall–Kier alpha value is -0.570. The van der Waals surface area contributed by atoms with E-state index in [2.05, 4.69) is 0 Å². The summed E-state index contributed by atoms with van der Waals surface area (Å²) in [6.45, 7) is 6.64. The summed E-state index contributed by atoms with van der Waals surface area (Å²) in [5.74, 6) is 0.423. The van der Waals surface area contributed by atoms with E-state index in [0.717, 1.165) is 32.5 Å². The Morgan fingerprint density at radius 2 is 1.88 bits per heavy atom. The monoisotopic (exact) mass is 225 g/mol. The van der Waals surface area contributed by atoms with Crippen molar-refractivity contribution in [3.05, 3.63) is 0 Å². The van der Waals surface area contributed by atoms with Gasteiger partial charge in [-0.2, -0.15) is 0 Å². The van der Waals surface area contributed by atoms with Crippen molar-refractivity contribution in [3.63, 3.8) is 0 Å². The highest BCUT2D eigenvalue weighted by Gasteiger charge is 2.38. The van der Waals surface area contributed by atoms with Crippen molar-refractivity contribution in [1.82, 2.24) is 4.90 Å². The van der Waals surface area contributed by atoms with Crippen LogP contribution >= 0.6 is 0 Å². The smallest absolute Gasteiger partial charge is 0.225 e. The molecule has 2 fully saturated rings. The van der Waals surface area contributed by atoms with E-state index in [9.17, 15) is 4.79 Å². The third-order valence-corrected chi connectivity index (χ3v) is 3.92. The molecule has 0 bridgehead atoms. The molecule has 1 amide bonds. The van der Waals surface area contributed by atoms with E-state index in [-0.39, 0.29) is 11.5 Å². The van der Waals surface area contributed by atoms with Gasteiger partial charge >= 0.3 is 0 Å². The summed E-state index contributed by atoms with van der Waals surface area (Å²) in [7, 11) is 0. The van der Waals surface area contributed by atoms with E-state index in [0.29, 0.717) is 5.91 Å². The van der Waals surface area contributed by atoms with Gasteiger partial charge < -0.3 is 9.64 Å². The summed E-state index contributed by atoms with van der Waals surface area (Å²) in [6, 6.07) is 0. The van der Waals surface area contributed by atoms with Gasteiger partial charge in [0.15, 0.2) is 0 Å². The fourth-order valence-electron chi connectivity index (χ4n) is 2.80. The van der Waals surface area contributed by atoms with E-state index in [1.54, 1.807) is 0 Å². The molecule has 0 aromatic heterocycles. The first kappa shape index (κ1) is 11.9. The van der Waals surface area contributed by atoms with Crippen molar-refractivity contribution in [3.8, 4) is 0 Å². The molecule has 0 aromatic rings. The molecular weight excluding hydrogens is 202 g/mol. The molecule has 2 heterocycles. The number of hydrogen-bond donors (Lipinski definition) is 0. The lowest BCUT2D eigenvalue weighted by Gasteiger charge is -2.44. The van der Waals surface area contributed by atoms with Gasteiger partial charge in [-0.05, 0) is 32.1 Å². The standard InChI is InChI=1S/C13H23NO2/c1-11(2)12(15)14-8-6-13(7-9-14)5-3-4-10-16-13/h11H,3-10H2,1-2H3. The van der Waals surface area contributed by atoms with E-state index in [4.69, 9.17) is 4.74 Å².